The van der Waals surface area contributed by atoms with Gasteiger partial charge in [0.25, 0.3) is 0 Å². The topological polar surface area (TPSA) is 134 Å². The van der Waals surface area contributed by atoms with E-state index in [2.05, 4.69) is 10.0 Å². The van der Waals surface area contributed by atoms with Crippen molar-refractivity contribution in [3.8, 4) is 5.75 Å². The number of carbonyl (C=O) groups excluding carboxylic acids is 2. The summed E-state index contributed by atoms with van der Waals surface area (Å²) in [6.45, 7) is 1.54. The van der Waals surface area contributed by atoms with Gasteiger partial charge in [0.1, 0.15) is 18.0 Å². The molecule has 6 rings (SSSR count). The Balaban J connectivity index is 1.22. The number of nitrogens with one attached hydrogen (secondary N) is 2. The number of aryl methyl sites for hydroxylation is 1. The summed E-state index contributed by atoms with van der Waals surface area (Å²) in [4.78, 5) is 32.4. The second-order valence-corrected chi connectivity index (χ2v) is 13.4. The number of fused-ring (bicyclic) bond motifs is 2. The van der Waals surface area contributed by atoms with Crippen LogP contribution in [0.2, 0.25) is 0 Å². The summed E-state index contributed by atoms with van der Waals surface area (Å²) >= 11 is 0. The summed E-state index contributed by atoms with van der Waals surface area (Å²) in [5, 5.41) is 13.9. The van der Waals surface area contributed by atoms with Crippen LogP contribution in [0.25, 0.3) is 0 Å². The van der Waals surface area contributed by atoms with Gasteiger partial charge in [-0.2, -0.15) is 0 Å². The van der Waals surface area contributed by atoms with Crippen molar-refractivity contribution in [2.75, 3.05) is 24.1 Å². The quantitative estimate of drug-likeness (QED) is 0.270. The van der Waals surface area contributed by atoms with E-state index in [9.17, 15) is 23.2 Å². The molecule has 0 bridgehead atoms. The lowest BCUT2D eigenvalue weighted by atomic mass is 9.64. The highest BCUT2D eigenvalue weighted by molar-refractivity contribution is 7.92. The summed E-state index contributed by atoms with van der Waals surface area (Å²) in [5.74, 6) is -0.579. The molecule has 1 amide bonds. The van der Waals surface area contributed by atoms with Crippen molar-refractivity contribution in [3.63, 3.8) is 0 Å². The number of ether oxygens (including phenoxy) is 1. The first-order valence-electron chi connectivity index (χ1n) is 14.5. The van der Waals surface area contributed by atoms with Gasteiger partial charge in [0.2, 0.25) is 10.0 Å². The number of rotatable bonds is 7. The third-order valence-corrected chi connectivity index (χ3v) is 9.33. The summed E-state index contributed by atoms with van der Waals surface area (Å²) in [5.41, 5.74) is 3.28. The molecule has 3 aromatic rings. The lowest BCUT2D eigenvalue weighted by molar-refractivity contribution is -0.303. The zero-order valence-corrected chi connectivity index (χ0v) is 24.7. The van der Waals surface area contributed by atoms with Crippen LogP contribution < -0.4 is 14.8 Å². The number of sulfonamides is 1. The maximum absolute atomic E-state index is 14.2. The van der Waals surface area contributed by atoms with E-state index in [-0.39, 0.29) is 23.5 Å². The lowest BCUT2D eigenvalue weighted by Crippen LogP contribution is -2.58. The van der Waals surface area contributed by atoms with Crippen LogP contribution in [-0.4, -0.2) is 55.5 Å². The Labute approximate surface area is 251 Å². The Morgan fingerprint density at radius 1 is 1.09 bits per heavy atom. The van der Waals surface area contributed by atoms with E-state index in [1.165, 1.54) is 0 Å². The summed E-state index contributed by atoms with van der Waals surface area (Å²) in [7, 11) is -3.51. The van der Waals surface area contributed by atoms with Crippen LogP contribution in [0.5, 0.6) is 5.75 Å². The first-order chi connectivity index (χ1) is 20.6. The van der Waals surface area contributed by atoms with E-state index in [1.807, 2.05) is 36.4 Å². The number of hydrogen-bond donors (Lipinski definition) is 3. The number of hydroxylamine groups is 2. The van der Waals surface area contributed by atoms with Crippen molar-refractivity contribution in [1.82, 2.24) is 10.5 Å². The van der Waals surface area contributed by atoms with E-state index in [4.69, 9.17) is 9.57 Å². The van der Waals surface area contributed by atoms with E-state index >= 15 is 0 Å². The maximum atomic E-state index is 14.2. The standard InChI is InChI=1S/C32H35N3O7S/c1-43(39,40)34-26-11-12-28-27(19-26)30(36)29(32(42-28)13-15-33-16-14-32)24-9-7-23-18-25(10-8-22(23)17-24)31(37)35(38)41-20-21-5-3-2-4-6-21/h2-6,8,10-12,18-19,24,29,33-34,38H,7,9,13-17,20H2,1H3. The minimum Gasteiger partial charge on any atom is -0.486 e. The molecule has 2 atom stereocenters. The average Bonchev–Trinajstić information content (AvgIpc) is 3.00. The number of piperidine rings is 1. The van der Waals surface area contributed by atoms with Gasteiger partial charge in [-0.1, -0.05) is 41.6 Å². The first-order valence-corrected chi connectivity index (χ1v) is 16.4. The van der Waals surface area contributed by atoms with Crippen LogP contribution in [0.15, 0.2) is 66.7 Å². The third-order valence-electron chi connectivity index (χ3n) is 8.72. The molecule has 1 saturated heterocycles. The van der Waals surface area contributed by atoms with Crippen molar-refractivity contribution < 1.29 is 32.8 Å². The van der Waals surface area contributed by atoms with Crippen LogP contribution >= 0.6 is 0 Å². The molecular weight excluding hydrogens is 570 g/mol. The van der Waals surface area contributed by atoms with Crippen molar-refractivity contribution in [1.29, 1.82) is 0 Å². The Kier molecular flexibility index (Phi) is 7.99. The fourth-order valence-corrected chi connectivity index (χ4v) is 7.32. The first kappa shape index (κ1) is 29.3. The Morgan fingerprint density at radius 3 is 2.60 bits per heavy atom. The smallest absolute Gasteiger partial charge is 0.303 e. The highest BCUT2D eigenvalue weighted by atomic mass is 32.2. The second-order valence-electron chi connectivity index (χ2n) is 11.7. The molecule has 11 heteroatoms. The van der Waals surface area contributed by atoms with E-state index < -0.39 is 27.4 Å². The fraction of sp³-hybridized carbons (Fsp3) is 0.375. The maximum Gasteiger partial charge on any atom is 0.303 e. The Hall–Kier alpha value is -3.77. The molecule has 0 saturated carbocycles. The van der Waals surface area contributed by atoms with Gasteiger partial charge in [-0.15, -0.1) is 0 Å². The van der Waals surface area contributed by atoms with E-state index in [0.717, 1.165) is 42.5 Å². The second kappa shape index (κ2) is 11.7. The Bertz CT molecular complexity index is 1640. The summed E-state index contributed by atoms with van der Waals surface area (Å²) in [6.07, 6.45) is 4.49. The molecule has 0 radical (unpaired) electrons. The molecule has 2 heterocycles. The van der Waals surface area contributed by atoms with Gasteiger partial charge in [0, 0.05) is 24.1 Å². The predicted octanol–water partition coefficient (Wildman–Crippen LogP) is 4.14. The fourth-order valence-electron chi connectivity index (χ4n) is 6.76. The average molecular weight is 606 g/mol. The summed E-state index contributed by atoms with van der Waals surface area (Å²) < 4.78 is 32.8. The van der Waals surface area contributed by atoms with Crippen LogP contribution in [0, 0.1) is 11.8 Å². The largest absolute Gasteiger partial charge is 0.486 e. The number of Topliss-reactive ketones (excluding diaryl/α,β-unsaturated/α-hetero) is 1. The molecule has 1 fully saturated rings. The highest BCUT2D eigenvalue weighted by Gasteiger charge is 2.53. The summed E-state index contributed by atoms with van der Waals surface area (Å²) in [6, 6.07) is 19.5. The SMILES string of the molecule is CS(=O)(=O)Nc1ccc2c(c1)C(=O)C(C1CCc3cc(C(=O)N(O)OCc4ccccc4)ccc3C1)C1(CCNCC1)O2. The van der Waals surface area contributed by atoms with Crippen LogP contribution in [0.1, 0.15) is 56.7 Å². The number of nitrogens with zero attached hydrogens (tertiary/aromatic N) is 1. The van der Waals surface area contributed by atoms with Gasteiger partial charge in [0.05, 0.1) is 17.7 Å². The number of hydrogen-bond acceptors (Lipinski definition) is 8. The molecule has 0 aromatic heterocycles. The van der Waals surface area contributed by atoms with Crippen molar-refractivity contribution in [2.24, 2.45) is 11.8 Å². The van der Waals surface area contributed by atoms with Gasteiger partial charge in [-0.3, -0.25) is 19.5 Å². The highest BCUT2D eigenvalue weighted by Crippen LogP contribution is 2.48. The minimum atomic E-state index is -3.51. The number of carbonyl (C=O) groups is 2. The van der Waals surface area contributed by atoms with Gasteiger partial charge in [0.15, 0.2) is 5.78 Å². The van der Waals surface area contributed by atoms with E-state index in [0.29, 0.717) is 48.2 Å². The molecule has 3 N–H and O–H groups in total. The molecule has 10 nitrogen and oxygen atoms in total. The number of benzene rings is 3. The molecular formula is C32H35N3O7S. The van der Waals surface area contributed by atoms with Gasteiger partial charge in [-0.05, 0) is 85.3 Å². The molecule has 3 aliphatic rings. The van der Waals surface area contributed by atoms with Crippen LogP contribution in [0.4, 0.5) is 5.69 Å². The zero-order valence-electron chi connectivity index (χ0n) is 23.9. The number of ketones is 1. The predicted molar refractivity (Wildman–Crippen MR) is 159 cm³/mol. The minimum absolute atomic E-state index is 0.00266. The molecule has 226 valence electrons. The number of amides is 1. The molecule has 3 aromatic carbocycles. The monoisotopic (exact) mass is 605 g/mol. The van der Waals surface area contributed by atoms with Crippen molar-refractivity contribution in [2.45, 2.75) is 44.3 Å². The molecule has 1 aliphatic carbocycles. The lowest BCUT2D eigenvalue weighted by Gasteiger charge is -2.49. The van der Waals surface area contributed by atoms with Crippen molar-refractivity contribution >= 4 is 27.4 Å². The molecule has 2 unspecified atom stereocenters. The van der Waals surface area contributed by atoms with Crippen molar-refractivity contribution in [3.05, 3.63) is 94.5 Å². The molecule has 43 heavy (non-hydrogen) atoms. The van der Waals surface area contributed by atoms with Gasteiger partial charge in [-0.25, -0.2) is 13.3 Å². The molecule has 1 spiro atoms. The number of anilines is 1. The van der Waals surface area contributed by atoms with E-state index in [1.54, 1.807) is 30.3 Å². The Morgan fingerprint density at radius 2 is 1.86 bits per heavy atom. The zero-order chi connectivity index (χ0) is 30.2. The molecule has 2 aliphatic heterocycles. The van der Waals surface area contributed by atoms with Gasteiger partial charge >= 0.3 is 5.91 Å². The van der Waals surface area contributed by atoms with Crippen LogP contribution in [0.3, 0.4) is 0 Å². The van der Waals surface area contributed by atoms with Crippen LogP contribution in [-0.2, 0) is 34.3 Å². The normalized spacial score (nSPS) is 20.9. The third kappa shape index (κ3) is 6.16. The van der Waals surface area contributed by atoms with Gasteiger partial charge < -0.3 is 10.1 Å².